The standard InChI is InChI=1S/C22H24FN7O/c1-22(2,23)14-26-21-25-11-17-16(7-10-30(17)27-21)15-5-6-19-24-12-18(29(19)13-15)20(31)28-8-3-4-9-28/h5-7,10-13H,3-4,8-9,14H2,1-2H3,(H,26,27). The van der Waals surface area contributed by atoms with Gasteiger partial charge in [-0.15, -0.1) is 5.10 Å². The number of nitrogens with zero attached hydrogens (tertiary/aromatic N) is 6. The second-order valence-electron chi connectivity index (χ2n) is 8.50. The number of amides is 1. The van der Waals surface area contributed by atoms with Crippen molar-refractivity contribution in [2.24, 2.45) is 0 Å². The SMILES string of the molecule is CC(C)(F)CNc1ncc2c(-c3ccc4ncc(C(=O)N5CCCC5)n4c3)ccn2n1. The summed E-state index contributed by atoms with van der Waals surface area (Å²) in [6.07, 6.45) is 9.22. The summed E-state index contributed by atoms with van der Waals surface area (Å²) in [5.74, 6) is 0.377. The van der Waals surface area contributed by atoms with Crippen molar-refractivity contribution < 1.29 is 9.18 Å². The van der Waals surface area contributed by atoms with Crippen LogP contribution in [0.15, 0.2) is 43.0 Å². The quantitative estimate of drug-likeness (QED) is 0.534. The van der Waals surface area contributed by atoms with Crippen molar-refractivity contribution in [3.63, 3.8) is 0 Å². The fourth-order valence-electron chi connectivity index (χ4n) is 3.89. The van der Waals surface area contributed by atoms with Crippen molar-refractivity contribution in [3.8, 4) is 11.1 Å². The Hall–Kier alpha value is -3.49. The summed E-state index contributed by atoms with van der Waals surface area (Å²) in [5.41, 5.74) is 2.62. The van der Waals surface area contributed by atoms with Gasteiger partial charge in [0.25, 0.3) is 5.91 Å². The molecule has 0 bridgehead atoms. The molecule has 5 heterocycles. The molecular weight excluding hydrogens is 397 g/mol. The average Bonchev–Trinajstić information content (AvgIpc) is 3.49. The fourth-order valence-corrected chi connectivity index (χ4v) is 3.89. The van der Waals surface area contributed by atoms with Crippen molar-refractivity contribution in [2.45, 2.75) is 32.4 Å². The summed E-state index contributed by atoms with van der Waals surface area (Å²) in [4.78, 5) is 23.5. The number of hydrogen-bond acceptors (Lipinski definition) is 5. The smallest absolute Gasteiger partial charge is 0.272 e. The highest BCUT2D eigenvalue weighted by atomic mass is 19.1. The number of halogens is 1. The van der Waals surface area contributed by atoms with E-state index in [1.165, 1.54) is 13.8 Å². The molecule has 1 saturated heterocycles. The monoisotopic (exact) mass is 421 g/mol. The van der Waals surface area contributed by atoms with Crippen LogP contribution in [0.5, 0.6) is 0 Å². The van der Waals surface area contributed by atoms with E-state index in [1.54, 1.807) is 16.9 Å². The van der Waals surface area contributed by atoms with Gasteiger partial charge < -0.3 is 10.2 Å². The summed E-state index contributed by atoms with van der Waals surface area (Å²) >= 11 is 0. The summed E-state index contributed by atoms with van der Waals surface area (Å²) in [5, 5.41) is 7.34. The molecule has 1 amide bonds. The molecular formula is C22H24FN7O. The number of anilines is 1. The van der Waals surface area contributed by atoms with Crippen molar-refractivity contribution in [1.29, 1.82) is 0 Å². The second-order valence-corrected chi connectivity index (χ2v) is 8.50. The van der Waals surface area contributed by atoms with E-state index in [0.29, 0.717) is 11.6 Å². The molecule has 0 spiro atoms. The Morgan fingerprint density at radius 1 is 1.16 bits per heavy atom. The number of likely N-dealkylation sites (tertiary alicyclic amines) is 1. The first-order valence-electron chi connectivity index (χ1n) is 10.4. The van der Waals surface area contributed by atoms with Gasteiger partial charge in [0.1, 0.15) is 17.0 Å². The number of fused-ring (bicyclic) bond motifs is 2. The van der Waals surface area contributed by atoms with Crippen LogP contribution in [-0.2, 0) is 0 Å². The van der Waals surface area contributed by atoms with E-state index >= 15 is 0 Å². The van der Waals surface area contributed by atoms with E-state index in [0.717, 1.165) is 48.2 Å². The number of imidazole rings is 1. The lowest BCUT2D eigenvalue weighted by Gasteiger charge is -2.15. The largest absolute Gasteiger partial charge is 0.350 e. The maximum atomic E-state index is 13.7. The zero-order valence-corrected chi connectivity index (χ0v) is 17.5. The Balaban J connectivity index is 1.48. The Labute approximate surface area is 178 Å². The van der Waals surface area contributed by atoms with Gasteiger partial charge in [0, 0.05) is 36.6 Å². The summed E-state index contributed by atoms with van der Waals surface area (Å²) < 4.78 is 17.3. The van der Waals surface area contributed by atoms with E-state index < -0.39 is 5.67 Å². The fraction of sp³-hybridized carbons (Fsp3) is 0.364. The van der Waals surface area contributed by atoms with E-state index in [1.807, 2.05) is 39.9 Å². The van der Waals surface area contributed by atoms with Gasteiger partial charge in [-0.3, -0.25) is 9.20 Å². The van der Waals surface area contributed by atoms with Crippen LogP contribution in [0.4, 0.5) is 10.3 Å². The van der Waals surface area contributed by atoms with E-state index in [9.17, 15) is 9.18 Å². The highest BCUT2D eigenvalue weighted by molar-refractivity contribution is 5.93. The molecule has 0 radical (unpaired) electrons. The highest BCUT2D eigenvalue weighted by Crippen LogP contribution is 2.26. The predicted molar refractivity (Wildman–Crippen MR) is 116 cm³/mol. The molecule has 0 aromatic carbocycles. The number of aromatic nitrogens is 5. The predicted octanol–water partition coefficient (Wildman–Crippen LogP) is 3.44. The van der Waals surface area contributed by atoms with Gasteiger partial charge in [0.15, 0.2) is 0 Å². The van der Waals surface area contributed by atoms with Crippen LogP contribution in [0.3, 0.4) is 0 Å². The van der Waals surface area contributed by atoms with E-state index in [2.05, 4.69) is 20.4 Å². The molecule has 4 aromatic rings. The van der Waals surface area contributed by atoms with Gasteiger partial charge in [-0.1, -0.05) is 0 Å². The van der Waals surface area contributed by atoms with Gasteiger partial charge in [-0.2, -0.15) is 0 Å². The third-order valence-electron chi connectivity index (χ3n) is 5.51. The van der Waals surface area contributed by atoms with Gasteiger partial charge in [-0.25, -0.2) is 18.9 Å². The number of pyridine rings is 1. The zero-order valence-electron chi connectivity index (χ0n) is 17.5. The molecule has 1 aliphatic rings. The van der Waals surface area contributed by atoms with Gasteiger partial charge in [-0.05, 0) is 44.9 Å². The van der Waals surface area contributed by atoms with Crippen molar-refractivity contribution >= 4 is 23.0 Å². The molecule has 1 N–H and O–H groups in total. The maximum absolute atomic E-state index is 13.7. The molecule has 8 nitrogen and oxygen atoms in total. The second kappa shape index (κ2) is 7.33. The van der Waals surface area contributed by atoms with Gasteiger partial charge in [0.05, 0.1) is 24.5 Å². The molecule has 0 atom stereocenters. The van der Waals surface area contributed by atoms with Crippen LogP contribution < -0.4 is 5.32 Å². The Bertz CT molecular complexity index is 1260. The Morgan fingerprint density at radius 2 is 1.97 bits per heavy atom. The number of hydrogen-bond donors (Lipinski definition) is 1. The normalized spacial score (nSPS) is 14.6. The van der Waals surface area contributed by atoms with Crippen LogP contribution in [-0.4, -0.2) is 60.1 Å². The molecule has 4 aromatic heterocycles. The lowest BCUT2D eigenvalue weighted by atomic mass is 10.1. The van der Waals surface area contributed by atoms with Crippen molar-refractivity contribution in [1.82, 2.24) is 28.9 Å². The highest BCUT2D eigenvalue weighted by Gasteiger charge is 2.23. The minimum Gasteiger partial charge on any atom is -0.350 e. The average molecular weight is 421 g/mol. The van der Waals surface area contributed by atoms with E-state index in [4.69, 9.17) is 0 Å². The first kappa shape index (κ1) is 19.5. The van der Waals surface area contributed by atoms with Crippen LogP contribution in [0.1, 0.15) is 37.2 Å². The zero-order chi connectivity index (χ0) is 21.6. The number of carbonyl (C=O) groups is 1. The molecule has 0 unspecified atom stereocenters. The number of alkyl halides is 1. The molecule has 9 heteroatoms. The van der Waals surface area contributed by atoms with Crippen LogP contribution >= 0.6 is 0 Å². The summed E-state index contributed by atoms with van der Waals surface area (Å²) in [6, 6.07) is 5.83. The van der Waals surface area contributed by atoms with E-state index in [-0.39, 0.29) is 12.5 Å². The van der Waals surface area contributed by atoms with Gasteiger partial charge in [0.2, 0.25) is 5.95 Å². The molecule has 0 aliphatic carbocycles. The molecule has 1 aliphatic heterocycles. The number of carbonyl (C=O) groups excluding carboxylic acids is 1. The minimum absolute atomic E-state index is 0.0127. The molecule has 31 heavy (non-hydrogen) atoms. The molecule has 0 saturated carbocycles. The Morgan fingerprint density at radius 3 is 2.74 bits per heavy atom. The van der Waals surface area contributed by atoms with Crippen LogP contribution in [0.25, 0.3) is 22.3 Å². The third-order valence-corrected chi connectivity index (χ3v) is 5.51. The summed E-state index contributed by atoms with van der Waals surface area (Å²) in [7, 11) is 0. The summed E-state index contributed by atoms with van der Waals surface area (Å²) in [6.45, 7) is 4.71. The minimum atomic E-state index is -1.36. The first-order chi connectivity index (χ1) is 14.9. The van der Waals surface area contributed by atoms with Crippen LogP contribution in [0, 0.1) is 0 Å². The molecule has 5 rings (SSSR count). The molecule has 1 fully saturated rings. The van der Waals surface area contributed by atoms with Crippen molar-refractivity contribution in [2.75, 3.05) is 25.0 Å². The van der Waals surface area contributed by atoms with Crippen LogP contribution in [0.2, 0.25) is 0 Å². The van der Waals surface area contributed by atoms with Crippen molar-refractivity contribution in [3.05, 3.63) is 48.7 Å². The number of rotatable bonds is 5. The Kier molecular flexibility index (Phi) is 4.60. The lowest BCUT2D eigenvalue weighted by molar-refractivity contribution is 0.0786. The third kappa shape index (κ3) is 3.71. The first-order valence-corrected chi connectivity index (χ1v) is 10.4. The molecule has 160 valence electrons. The number of nitrogens with one attached hydrogen (secondary N) is 1. The topological polar surface area (TPSA) is 79.8 Å². The maximum Gasteiger partial charge on any atom is 0.272 e. The lowest BCUT2D eigenvalue weighted by Crippen LogP contribution is -2.28. The van der Waals surface area contributed by atoms with Gasteiger partial charge >= 0.3 is 0 Å².